The molecule has 0 spiro atoms. The first-order valence-corrected chi connectivity index (χ1v) is 12.8. The molecule has 1 heterocycles. The second kappa shape index (κ2) is 10.9. The van der Waals surface area contributed by atoms with Gasteiger partial charge in [0.15, 0.2) is 0 Å². The maximum absolute atomic E-state index is 12.6. The number of carbonyl (C=O) groups excluding carboxylic acids is 1. The number of amides is 1. The molecule has 0 N–H and O–H groups in total. The minimum Gasteiger partial charge on any atom is -0.497 e. The molecule has 0 saturated heterocycles. The lowest BCUT2D eigenvalue weighted by Gasteiger charge is -2.25. The Balaban J connectivity index is 1.59. The van der Waals surface area contributed by atoms with E-state index in [0.717, 1.165) is 11.8 Å². The highest BCUT2D eigenvalue weighted by Gasteiger charge is 2.21. The van der Waals surface area contributed by atoms with Gasteiger partial charge in [-0.15, -0.1) is 0 Å². The number of hydrogen-bond donors (Lipinski definition) is 0. The van der Waals surface area contributed by atoms with Crippen LogP contribution in [0.25, 0.3) is 11.4 Å². The molecule has 1 aromatic heterocycles. The molecule has 0 saturated carbocycles. The molecule has 11 heteroatoms. The number of rotatable bonds is 10. The summed E-state index contributed by atoms with van der Waals surface area (Å²) in [6.45, 7) is 2.05. The Bertz CT molecular complexity index is 1260. The fourth-order valence-electron chi connectivity index (χ4n) is 3.39. The monoisotopic (exact) mass is 506 g/mol. The minimum atomic E-state index is -3.55. The van der Waals surface area contributed by atoms with Crippen molar-refractivity contribution in [3.05, 3.63) is 58.9 Å². The van der Waals surface area contributed by atoms with Crippen LogP contribution in [0.3, 0.4) is 0 Å². The SMILES string of the molecule is COc1cccc(-c2noc(CN(C)C(=O)CCCN(c3cccc(Cl)c3C)S(C)(=O)=O)n2)c1. The number of benzene rings is 2. The molecule has 0 aliphatic rings. The number of anilines is 1. The minimum absolute atomic E-state index is 0.138. The fourth-order valence-corrected chi connectivity index (χ4v) is 4.57. The van der Waals surface area contributed by atoms with E-state index in [2.05, 4.69) is 10.1 Å². The quantitative estimate of drug-likeness (QED) is 0.410. The third kappa shape index (κ3) is 6.27. The predicted octanol–water partition coefficient (Wildman–Crippen LogP) is 3.91. The van der Waals surface area contributed by atoms with E-state index in [9.17, 15) is 13.2 Å². The topological polar surface area (TPSA) is 106 Å². The molecule has 2 aromatic carbocycles. The van der Waals surface area contributed by atoms with Crippen LogP contribution in [0.1, 0.15) is 24.3 Å². The third-order valence-corrected chi connectivity index (χ3v) is 6.84. The van der Waals surface area contributed by atoms with Crippen molar-refractivity contribution in [1.29, 1.82) is 0 Å². The summed E-state index contributed by atoms with van der Waals surface area (Å²) in [5, 5.41) is 4.45. The molecule has 3 rings (SSSR count). The molecule has 0 aliphatic carbocycles. The summed E-state index contributed by atoms with van der Waals surface area (Å²) in [5.41, 5.74) is 1.91. The van der Waals surface area contributed by atoms with Gasteiger partial charge in [0.05, 0.1) is 25.6 Å². The number of aromatic nitrogens is 2. The molecule has 34 heavy (non-hydrogen) atoms. The summed E-state index contributed by atoms with van der Waals surface area (Å²) in [4.78, 5) is 18.4. The van der Waals surface area contributed by atoms with Crippen molar-refractivity contribution >= 4 is 33.2 Å². The van der Waals surface area contributed by atoms with Crippen molar-refractivity contribution in [2.24, 2.45) is 0 Å². The van der Waals surface area contributed by atoms with Gasteiger partial charge in [0.2, 0.25) is 27.6 Å². The normalized spacial score (nSPS) is 11.3. The fraction of sp³-hybridized carbons (Fsp3) is 0.348. The zero-order valence-electron chi connectivity index (χ0n) is 19.5. The number of nitrogens with zero attached hydrogens (tertiary/aromatic N) is 4. The molecule has 1 amide bonds. The maximum atomic E-state index is 12.6. The van der Waals surface area contributed by atoms with Crippen molar-refractivity contribution in [1.82, 2.24) is 15.0 Å². The Kier molecular flexibility index (Phi) is 8.16. The molecule has 0 aliphatic heterocycles. The average Bonchev–Trinajstić information content (AvgIpc) is 3.26. The molecule has 0 atom stereocenters. The van der Waals surface area contributed by atoms with E-state index in [0.29, 0.717) is 40.2 Å². The smallest absolute Gasteiger partial charge is 0.246 e. The van der Waals surface area contributed by atoms with Crippen LogP contribution in [0, 0.1) is 6.92 Å². The van der Waals surface area contributed by atoms with Crippen LogP contribution in [-0.2, 0) is 21.4 Å². The molecule has 0 fully saturated rings. The van der Waals surface area contributed by atoms with Crippen LogP contribution in [-0.4, -0.2) is 56.3 Å². The maximum Gasteiger partial charge on any atom is 0.246 e. The number of hydrogen-bond acceptors (Lipinski definition) is 7. The number of sulfonamides is 1. The Morgan fingerprint density at radius 2 is 1.94 bits per heavy atom. The molecular formula is C23H27ClN4O5S. The number of methoxy groups -OCH3 is 1. The number of ether oxygens (including phenoxy) is 1. The highest BCUT2D eigenvalue weighted by molar-refractivity contribution is 7.92. The second-order valence-electron chi connectivity index (χ2n) is 7.82. The van der Waals surface area contributed by atoms with Crippen molar-refractivity contribution in [2.45, 2.75) is 26.3 Å². The summed E-state index contributed by atoms with van der Waals surface area (Å²) in [6, 6.07) is 12.4. The Hall–Kier alpha value is -3.11. The van der Waals surface area contributed by atoms with Gasteiger partial charge in [0, 0.05) is 30.6 Å². The molecule has 9 nitrogen and oxygen atoms in total. The van der Waals surface area contributed by atoms with Gasteiger partial charge < -0.3 is 14.2 Å². The van der Waals surface area contributed by atoms with E-state index in [1.807, 2.05) is 18.2 Å². The predicted molar refractivity (Wildman–Crippen MR) is 130 cm³/mol. The second-order valence-corrected chi connectivity index (χ2v) is 10.1. The van der Waals surface area contributed by atoms with E-state index in [1.54, 1.807) is 45.3 Å². The Morgan fingerprint density at radius 1 is 1.21 bits per heavy atom. The van der Waals surface area contributed by atoms with E-state index < -0.39 is 10.0 Å². The number of carbonyl (C=O) groups is 1. The van der Waals surface area contributed by atoms with Crippen LogP contribution < -0.4 is 9.04 Å². The average molecular weight is 507 g/mol. The molecule has 3 aromatic rings. The largest absolute Gasteiger partial charge is 0.497 e. The summed E-state index contributed by atoms with van der Waals surface area (Å²) >= 11 is 6.16. The van der Waals surface area contributed by atoms with Gasteiger partial charge in [0.1, 0.15) is 5.75 Å². The summed E-state index contributed by atoms with van der Waals surface area (Å²) in [7, 11) is -0.337. The number of halogens is 1. The molecule has 182 valence electrons. The van der Waals surface area contributed by atoms with Gasteiger partial charge in [-0.05, 0) is 43.2 Å². The standard InChI is InChI=1S/C23H27ClN4O5S/c1-16-19(24)10-6-11-20(16)28(34(4,30)31)13-7-12-22(29)27(2)15-21-25-23(26-33-21)17-8-5-9-18(14-17)32-3/h5-6,8-11,14H,7,12-13,15H2,1-4H3. The van der Waals surface area contributed by atoms with Gasteiger partial charge in [-0.3, -0.25) is 9.10 Å². The van der Waals surface area contributed by atoms with Crippen molar-refractivity contribution < 1.29 is 22.5 Å². The lowest BCUT2D eigenvalue weighted by atomic mass is 10.2. The van der Waals surface area contributed by atoms with Crippen LogP contribution in [0.2, 0.25) is 5.02 Å². The van der Waals surface area contributed by atoms with Crippen LogP contribution in [0.5, 0.6) is 5.75 Å². The molecular weight excluding hydrogens is 480 g/mol. The van der Waals surface area contributed by atoms with Crippen LogP contribution in [0.4, 0.5) is 5.69 Å². The van der Waals surface area contributed by atoms with Crippen molar-refractivity contribution in [3.8, 4) is 17.1 Å². The third-order valence-electron chi connectivity index (χ3n) is 5.25. The first kappa shape index (κ1) is 25.5. The van der Waals surface area contributed by atoms with E-state index in [1.165, 1.54) is 9.21 Å². The zero-order valence-corrected chi connectivity index (χ0v) is 21.1. The summed E-state index contributed by atoms with van der Waals surface area (Å²) in [6.07, 6.45) is 1.62. The lowest BCUT2D eigenvalue weighted by Crippen LogP contribution is -2.33. The van der Waals surface area contributed by atoms with Gasteiger partial charge in [-0.1, -0.05) is 35.0 Å². The van der Waals surface area contributed by atoms with Gasteiger partial charge in [-0.25, -0.2) is 8.42 Å². The van der Waals surface area contributed by atoms with E-state index in [-0.39, 0.29) is 25.4 Å². The van der Waals surface area contributed by atoms with E-state index >= 15 is 0 Å². The highest BCUT2D eigenvalue weighted by atomic mass is 35.5. The van der Waals surface area contributed by atoms with Crippen LogP contribution in [0.15, 0.2) is 47.0 Å². The van der Waals surface area contributed by atoms with Gasteiger partial charge >= 0.3 is 0 Å². The Morgan fingerprint density at radius 3 is 2.65 bits per heavy atom. The molecule has 0 bridgehead atoms. The van der Waals surface area contributed by atoms with Crippen molar-refractivity contribution in [3.63, 3.8) is 0 Å². The van der Waals surface area contributed by atoms with E-state index in [4.69, 9.17) is 20.9 Å². The molecule has 0 unspecified atom stereocenters. The van der Waals surface area contributed by atoms with Crippen LogP contribution >= 0.6 is 11.6 Å². The van der Waals surface area contributed by atoms with Crippen molar-refractivity contribution in [2.75, 3.05) is 31.3 Å². The van der Waals surface area contributed by atoms with Gasteiger partial charge in [0.25, 0.3) is 0 Å². The Labute approximate surface area is 204 Å². The highest BCUT2D eigenvalue weighted by Crippen LogP contribution is 2.28. The zero-order chi connectivity index (χ0) is 24.9. The summed E-state index contributed by atoms with van der Waals surface area (Å²) < 4.78 is 36.5. The first-order chi connectivity index (χ1) is 16.1. The lowest BCUT2D eigenvalue weighted by molar-refractivity contribution is -0.130. The summed E-state index contributed by atoms with van der Waals surface area (Å²) in [5.74, 6) is 1.20. The first-order valence-electron chi connectivity index (χ1n) is 10.5. The molecule has 0 radical (unpaired) electrons. The van der Waals surface area contributed by atoms with Gasteiger partial charge in [-0.2, -0.15) is 4.98 Å².